The summed E-state index contributed by atoms with van der Waals surface area (Å²) in [6.45, 7) is 0. The summed E-state index contributed by atoms with van der Waals surface area (Å²) in [5.41, 5.74) is 5.41. The first-order valence-corrected chi connectivity index (χ1v) is 5.27. The number of carbonyl (C=O) groups is 1. The minimum absolute atomic E-state index is 0.218. The summed E-state index contributed by atoms with van der Waals surface area (Å²) < 4.78 is 10.4. The molecule has 17 heavy (non-hydrogen) atoms. The van der Waals surface area contributed by atoms with E-state index in [1.807, 2.05) is 6.07 Å². The summed E-state index contributed by atoms with van der Waals surface area (Å²) in [5.74, 6) is -0.0457. The van der Waals surface area contributed by atoms with E-state index in [4.69, 9.17) is 20.3 Å². The summed E-state index contributed by atoms with van der Waals surface area (Å²) in [6, 6.07) is 5.39. The normalized spacial score (nSPS) is 26.4. The van der Waals surface area contributed by atoms with Gasteiger partial charge in [0.05, 0.1) is 14.2 Å². The number of hydrogen-bond donors (Lipinski definition) is 2. The molecule has 2 atom stereocenters. The zero-order chi connectivity index (χ0) is 12.6. The molecule has 0 heterocycles. The number of carboxylic acids is 1. The van der Waals surface area contributed by atoms with E-state index >= 15 is 0 Å². The van der Waals surface area contributed by atoms with E-state index in [1.165, 1.54) is 7.11 Å². The lowest BCUT2D eigenvalue weighted by atomic mass is 10.0. The minimum Gasteiger partial charge on any atom is -0.493 e. The monoisotopic (exact) mass is 237 g/mol. The van der Waals surface area contributed by atoms with Crippen LogP contribution in [0.5, 0.6) is 11.5 Å². The lowest BCUT2D eigenvalue weighted by molar-refractivity contribution is -0.139. The van der Waals surface area contributed by atoms with Crippen LogP contribution in [-0.4, -0.2) is 30.8 Å². The molecule has 5 heteroatoms. The largest absolute Gasteiger partial charge is 0.493 e. The fraction of sp³-hybridized carbons (Fsp3) is 0.417. The molecule has 0 aromatic heterocycles. The second kappa shape index (κ2) is 3.92. The Balaban J connectivity index is 2.38. The Labute approximate surface area is 99.1 Å². The van der Waals surface area contributed by atoms with Crippen LogP contribution in [0.3, 0.4) is 0 Å². The number of benzene rings is 1. The van der Waals surface area contributed by atoms with Crippen molar-refractivity contribution in [1.29, 1.82) is 0 Å². The van der Waals surface area contributed by atoms with Crippen LogP contribution in [0.15, 0.2) is 18.2 Å². The van der Waals surface area contributed by atoms with E-state index < -0.39 is 11.5 Å². The van der Waals surface area contributed by atoms with E-state index in [0.717, 1.165) is 5.56 Å². The lowest BCUT2D eigenvalue weighted by Crippen LogP contribution is -2.34. The Bertz CT molecular complexity index is 460. The van der Waals surface area contributed by atoms with Crippen LogP contribution in [0, 0.1) is 0 Å². The first-order valence-electron chi connectivity index (χ1n) is 5.27. The van der Waals surface area contributed by atoms with Crippen LogP contribution in [0.25, 0.3) is 0 Å². The van der Waals surface area contributed by atoms with Gasteiger partial charge in [0.25, 0.3) is 0 Å². The Hall–Kier alpha value is -1.75. The van der Waals surface area contributed by atoms with Crippen LogP contribution in [0.4, 0.5) is 0 Å². The second-order valence-electron chi connectivity index (χ2n) is 4.18. The van der Waals surface area contributed by atoms with Crippen molar-refractivity contribution < 1.29 is 19.4 Å². The summed E-state index contributed by atoms with van der Waals surface area (Å²) >= 11 is 0. The minimum atomic E-state index is -1.17. The molecular weight excluding hydrogens is 222 g/mol. The van der Waals surface area contributed by atoms with Crippen molar-refractivity contribution in [2.45, 2.75) is 17.9 Å². The molecule has 1 aromatic carbocycles. The predicted octanol–water partition coefficient (Wildman–Crippen LogP) is 0.973. The number of carboxylic acid groups (broad SMARTS) is 1. The van der Waals surface area contributed by atoms with Crippen molar-refractivity contribution >= 4 is 5.97 Å². The summed E-state index contributed by atoms with van der Waals surface area (Å²) in [4.78, 5) is 11.0. The molecule has 1 aliphatic rings. The number of hydrogen-bond acceptors (Lipinski definition) is 4. The zero-order valence-corrected chi connectivity index (χ0v) is 9.77. The van der Waals surface area contributed by atoms with Crippen LogP contribution in [-0.2, 0) is 4.79 Å². The molecule has 0 amide bonds. The molecule has 1 aromatic rings. The van der Waals surface area contributed by atoms with Gasteiger partial charge < -0.3 is 20.3 Å². The molecule has 0 radical (unpaired) electrons. The van der Waals surface area contributed by atoms with Crippen molar-refractivity contribution in [2.75, 3.05) is 14.2 Å². The van der Waals surface area contributed by atoms with Crippen molar-refractivity contribution in [3.8, 4) is 11.5 Å². The van der Waals surface area contributed by atoms with Gasteiger partial charge in [-0.15, -0.1) is 0 Å². The van der Waals surface area contributed by atoms with Gasteiger partial charge in [-0.2, -0.15) is 0 Å². The molecule has 1 fully saturated rings. The molecule has 5 nitrogen and oxygen atoms in total. The van der Waals surface area contributed by atoms with Crippen LogP contribution in [0.1, 0.15) is 17.9 Å². The average Bonchev–Trinajstić information content (AvgIpc) is 3.02. The number of rotatable bonds is 4. The summed E-state index contributed by atoms with van der Waals surface area (Å²) in [5, 5.41) is 9.04. The van der Waals surface area contributed by atoms with Crippen molar-refractivity contribution in [3.63, 3.8) is 0 Å². The molecule has 92 valence electrons. The topological polar surface area (TPSA) is 81.8 Å². The van der Waals surface area contributed by atoms with Gasteiger partial charge in [-0.1, -0.05) is 12.1 Å². The third-order valence-electron chi connectivity index (χ3n) is 3.21. The van der Waals surface area contributed by atoms with Crippen molar-refractivity contribution in [1.82, 2.24) is 0 Å². The summed E-state index contributed by atoms with van der Waals surface area (Å²) in [6.07, 6.45) is 0.422. The van der Waals surface area contributed by atoms with Gasteiger partial charge in [-0.3, -0.25) is 4.79 Å². The SMILES string of the molecule is COc1cccc([C@@H]2C[C@@]2(N)C(=O)O)c1OC. The Morgan fingerprint density at radius 3 is 2.65 bits per heavy atom. The first-order chi connectivity index (χ1) is 8.04. The Morgan fingerprint density at radius 1 is 1.47 bits per heavy atom. The molecule has 1 aliphatic carbocycles. The predicted molar refractivity (Wildman–Crippen MR) is 61.5 cm³/mol. The molecule has 1 saturated carbocycles. The second-order valence-corrected chi connectivity index (χ2v) is 4.18. The maximum absolute atomic E-state index is 11.0. The van der Waals surface area contributed by atoms with E-state index in [0.29, 0.717) is 17.9 Å². The zero-order valence-electron chi connectivity index (χ0n) is 9.77. The van der Waals surface area contributed by atoms with Gasteiger partial charge in [-0.25, -0.2) is 0 Å². The number of aliphatic carboxylic acids is 1. The van der Waals surface area contributed by atoms with E-state index in [2.05, 4.69) is 0 Å². The van der Waals surface area contributed by atoms with E-state index in [9.17, 15) is 4.79 Å². The van der Waals surface area contributed by atoms with Gasteiger partial charge in [0, 0.05) is 11.5 Å². The smallest absolute Gasteiger partial charge is 0.324 e. The first kappa shape index (κ1) is 11.7. The number of methoxy groups -OCH3 is 2. The highest BCUT2D eigenvalue weighted by molar-refractivity contribution is 5.85. The number of ether oxygens (including phenoxy) is 2. The molecule has 0 spiro atoms. The maximum atomic E-state index is 11.0. The van der Waals surface area contributed by atoms with E-state index in [1.54, 1.807) is 19.2 Å². The molecule has 2 rings (SSSR count). The van der Waals surface area contributed by atoms with Gasteiger partial charge in [0.2, 0.25) is 0 Å². The van der Waals surface area contributed by atoms with Crippen molar-refractivity contribution in [3.05, 3.63) is 23.8 Å². The summed E-state index contributed by atoms with van der Waals surface area (Å²) in [7, 11) is 3.07. The highest BCUT2D eigenvalue weighted by Crippen LogP contribution is 2.53. The standard InChI is InChI=1S/C12H15NO4/c1-16-9-5-3-4-7(10(9)17-2)8-6-12(8,13)11(14)15/h3-5,8H,6,13H2,1-2H3,(H,14,15)/t8-,12-/m0/s1. The van der Waals surface area contributed by atoms with E-state index in [-0.39, 0.29) is 5.92 Å². The lowest BCUT2D eigenvalue weighted by Gasteiger charge is -2.13. The molecule has 0 unspecified atom stereocenters. The highest BCUT2D eigenvalue weighted by Gasteiger charge is 2.59. The van der Waals surface area contributed by atoms with Gasteiger partial charge in [-0.05, 0) is 12.5 Å². The molecule has 0 saturated heterocycles. The maximum Gasteiger partial charge on any atom is 0.324 e. The molecule has 0 aliphatic heterocycles. The van der Waals surface area contributed by atoms with Crippen LogP contribution in [0.2, 0.25) is 0 Å². The third-order valence-corrected chi connectivity index (χ3v) is 3.21. The quantitative estimate of drug-likeness (QED) is 0.815. The molecule has 3 N–H and O–H groups in total. The number of para-hydroxylation sites is 1. The van der Waals surface area contributed by atoms with Gasteiger partial charge in [0.15, 0.2) is 11.5 Å². The number of nitrogens with two attached hydrogens (primary N) is 1. The van der Waals surface area contributed by atoms with Gasteiger partial charge >= 0.3 is 5.97 Å². The van der Waals surface area contributed by atoms with Gasteiger partial charge in [0.1, 0.15) is 5.54 Å². The van der Waals surface area contributed by atoms with Crippen LogP contribution < -0.4 is 15.2 Å². The third kappa shape index (κ3) is 1.72. The Morgan fingerprint density at radius 2 is 2.18 bits per heavy atom. The Kier molecular flexibility index (Phi) is 2.71. The van der Waals surface area contributed by atoms with Crippen LogP contribution >= 0.6 is 0 Å². The fourth-order valence-electron chi connectivity index (χ4n) is 2.09. The fourth-order valence-corrected chi connectivity index (χ4v) is 2.09. The molecular formula is C12H15NO4. The molecule has 0 bridgehead atoms. The highest BCUT2D eigenvalue weighted by atomic mass is 16.5. The van der Waals surface area contributed by atoms with Crippen molar-refractivity contribution in [2.24, 2.45) is 5.73 Å². The average molecular weight is 237 g/mol.